The summed E-state index contributed by atoms with van der Waals surface area (Å²) in [5, 5.41) is 0. The zero-order valence-corrected chi connectivity index (χ0v) is 20.6. The molecule has 8 heteroatoms. The highest BCUT2D eigenvalue weighted by Crippen LogP contribution is 2.25. The maximum atomic E-state index is 13.0. The number of aromatic nitrogens is 2. The first-order valence-corrected chi connectivity index (χ1v) is 11.4. The third-order valence-corrected chi connectivity index (χ3v) is 5.13. The van der Waals surface area contributed by atoms with Crippen LogP contribution >= 0.6 is 0 Å². The SMILES string of the molecule is CC.CCC(C)c1ncncc1N=C[C@@H]1CN(C)CCO1.Cc1cccc(F)c1COC=O. The van der Waals surface area contributed by atoms with Crippen molar-refractivity contribution in [1.29, 1.82) is 0 Å². The minimum absolute atomic E-state index is 0.00199. The highest BCUT2D eigenvalue weighted by Gasteiger charge is 2.16. The smallest absolute Gasteiger partial charge is 0.293 e. The van der Waals surface area contributed by atoms with Crippen molar-refractivity contribution >= 4 is 18.4 Å². The van der Waals surface area contributed by atoms with Crippen molar-refractivity contribution in [2.24, 2.45) is 4.99 Å². The molecule has 1 aliphatic heterocycles. The molecular formula is C25H37FN4O3. The molecule has 0 spiro atoms. The molecular weight excluding hydrogens is 423 g/mol. The molecule has 0 N–H and O–H groups in total. The van der Waals surface area contributed by atoms with Crippen molar-refractivity contribution in [2.45, 2.75) is 59.7 Å². The molecule has 7 nitrogen and oxygen atoms in total. The molecule has 0 aliphatic carbocycles. The highest BCUT2D eigenvalue weighted by molar-refractivity contribution is 5.68. The summed E-state index contributed by atoms with van der Waals surface area (Å²) in [4.78, 5) is 25.1. The van der Waals surface area contributed by atoms with Gasteiger partial charge in [0.1, 0.15) is 30.5 Å². The Hall–Kier alpha value is -2.71. The summed E-state index contributed by atoms with van der Waals surface area (Å²) in [6.45, 7) is 13.0. The second-order valence-corrected chi connectivity index (χ2v) is 7.49. The minimum Gasteiger partial charge on any atom is -0.463 e. The highest BCUT2D eigenvalue weighted by atomic mass is 19.1. The molecule has 2 heterocycles. The molecule has 1 unspecified atom stereocenters. The van der Waals surface area contributed by atoms with E-state index < -0.39 is 0 Å². The van der Waals surface area contributed by atoms with E-state index in [9.17, 15) is 9.18 Å². The topological polar surface area (TPSA) is 76.9 Å². The Bertz CT molecular complexity index is 843. The quantitative estimate of drug-likeness (QED) is 0.434. The van der Waals surface area contributed by atoms with E-state index in [4.69, 9.17) is 4.74 Å². The Balaban J connectivity index is 0.000000335. The lowest BCUT2D eigenvalue weighted by atomic mass is 10.0. The summed E-state index contributed by atoms with van der Waals surface area (Å²) in [5.74, 6) is 0.0574. The molecule has 1 aliphatic rings. The summed E-state index contributed by atoms with van der Waals surface area (Å²) < 4.78 is 23.1. The van der Waals surface area contributed by atoms with Crippen LogP contribution in [-0.2, 0) is 20.9 Å². The van der Waals surface area contributed by atoms with Gasteiger partial charge in [-0.25, -0.2) is 14.4 Å². The number of carbonyl (C=O) groups excluding carboxylic acids is 1. The monoisotopic (exact) mass is 460 g/mol. The van der Waals surface area contributed by atoms with Gasteiger partial charge in [-0.05, 0) is 32.0 Å². The normalized spacial score (nSPS) is 16.8. The summed E-state index contributed by atoms with van der Waals surface area (Å²) >= 11 is 0. The Morgan fingerprint density at radius 3 is 2.79 bits per heavy atom. The Labute approximate surface area is 197 Å². The van der Waals surface area contributed by atoms with Crippen LogP contribution < -0.4 is 0 Å². The van der Waals surface area contributed by atoms with E-state index in [1.165, 1.54) is 6.07 Å². The zero-order chi connectivity index (χ0) is 24.6. The van der Waals surface area contributed by atoms with Gasteiger partial charge in [-0.1, -0.05) is 39.8 Å². The van der Waals surface area contributed by atoms with Gasteiger partial charge in [0.05, 0.1) is 18.5 Å². The molecule has 2 atom stereocenters. The Kier molecular flexibility index (Phi) is 13.7. The van der Waals surface area contributed by atoms with E-state index in [-0.39, 0.29) is 18.5 Å². The van der Waals surface area contributed by atoms with E-state index in [2.05, 4.69) is 45.5 Å². The van der Waals surface area contributed by atoms with Crippen LogP contribution in [0.25, 0.3) is 0 Å². The lowest BCUT2D eigenvalue weighted by Crippen LogP contribution is -2.40. The van der Waals surface area contributed by atoms with Crippen LogP contribution in [0, 0.1) is 12.7 Å². The van der Waals surface area contributed by atoms with Crippen LogP contribution in [0.1, 0.15) is 56.9 Å². The third-order valence-electron chi connectivity index (χ3n) is 5.13. The van der Waals surface area contributed by atoms with Crippen molar-refractivity contribution in [3.05, 3.63) is 53.4 Å². The van der Waals surface area contributed by atoms with E-state index in [1.807, 2.05) is 20.1 Å². The van der Waals surface area contributed by atoms with Gasteiger partial charge in [0.2, 0.25) is 0 Å². The number of aryl methyl sites for hydroxylation is 1. The molecule has 1 fully saturated rings. The van der Waals surface area contributed by atoms with Crippen LogP contribution in [0.5, 0.6) is 0 Å². The summed E-state index contributed by atoms with van der Waals surface area (Å²) in [6, 6.07) is 4.73. The van der Waals surface area contributed by atoms with Gasteiger partial charge in [0.15, 0.2) is 0 Å². The second-order valence-electron chi connectivity index (χ2n) is 7.49. The number of morpholine rings is 1. The molecule has 3 rings (SSSR count). The van der Waals surface area contributed by atoms with Crippen LogP contribution in [0.4, 0.5) is 10.1 Å². The predicted molar refractivity (Wildman–Crippen MR) is 129 cm³/mol. The first-order chi connectivity index (χ1) is 16.0. The number of carbonyl (C=O) groups is 1. The summed E-state index contributed by atoms with van der Waals surface area (Å²) in [7, 11) is 2.10. The van der Waals surface area contributed by atoms with Gasteiger partial charge < -0.3 is 14.4 Å². The summed E-state index contributed by atoms with van der Waals surface area (Å²) in [6.07, 6.45) is 6.34. The van der Waals surface area contributed by atoms with E-state index in [0.717, 1.165) is 43.1 Å². The van der Waals surface area contributed by atoms with Gasteiger partial charge in [0, 0.05) is 30.8 Å². The van der Waals surface area contributed by atoms with Gasteiger partial charge in [0.25, 0.3) is 6.47 Å². The Morgan fingerprint density at radius 2 is 2.15 bits per heavy atom. The van der Waals surface area contributed by atoms with Crippen molar-refractivity contribution in [3.63, 3.8) is 0 Å². The molecule has 2 aromatic rings. The predicted octanol–water partition coefficient (Wildman–Crippen LogP) is 4.86. The number of halogens is 1. The third kappa shape index (κ3) is 9.75. The lowest BCUT2D eigenvalue weighted by Gasteiger charge is -2.27. The molecule has 1 aromatic carbocycles. The fourth-order valence-corrected chi connectivity index (χ4v) is 3.04. The van der Waals surface area contributed by atoms with Gasteiger partial charge in [-0.15, -0.1) is 0 Å². The van der Waals surface area contributed by atoms with E-state index in [1.54, 1.807) is 31.6 Å². The number of rotatable bonds is 7. The van der Waals surface area contributed by atoms with Gasteiger partial charge in [-0.2, -0.15) is 0 Å². The standard InChI is InChI=1S/C14H22N4O.C9H9FO2.C2H6/c1-4-11(2)14-13(8-15-10-17-14)16-7-12-9-18(3)5-6-19-12;1-7-3-2-4-9(10)8(7)5-12-6-11;1-2/h7-8,10-12H,4-6,9H2,1-3H3;2-4,6H,5H2,1H3;1-2H3/t11?,12-;;/m1../s1. The maximum absolute atomic E-state index is 13.0. The fraction of sp³-hybridized carbons (Fsp3) is 0.520. The lowest BCUT2D eigenvalue weighted by molar-refractivity contribution is -0.129. The van der Waals surface area contributed by atoms with E-state index >= 15 is 0 Å². The van der Waals surface area contributed by atoms with Crippen molar-refractivity contribution in [1.82, 2.24) is 14.9 Å². The number of nitrogens with zero attached hydrogens (tertiary/aromatic N) is 4. The fourth-order valence-electron chi connectivity index (χ4n) is 3.04. The average molecular weight is 461 g/mol. The van der Waals surface area contributed by atoms with Crippen molar-refractivity contribution < 1.29 is 18.7 Å². The van der Waals surface area contributed by atoms with Crippen LogP contribution in [0.3, 0.4) is 0 Å². The van der Waals surface area contributed by atoms with Crippen LogP contribution in [-0.4, -0.2) is 60.4 Å². The first-order valence-electron chi connectivity index (χ1n) is 11.4. The molecule has 0 amide bonds. The largest absolute Gasteiger partial charge is 0.463 e. The molecule has 1 saturated heterocycles. The molecule has 0 radical (unpaired) electrons. The molecule has 33 heavy (non-hydrogen) atoms. The average Bonchev–Trinajstić information content (AvgIpc) is 2.84. The van der Waals surface area contributed by atoms with Crippen LogP contribution in [0.15, 0.2) is 35.7 Å². The number of aliphatic imine (C=N–C) groups is 1. The van der Waals surface area contributed by atoms with Crippen LogP contribution in [0.2, 0.25) is 0 Å². The number of benzene rings is 1. The Morgan fingerprint density at radius 1 is 1.39 bits per heavy atom. The maximum Gasteiger partial charge on any atom is 0.293 e. The van der Waals surface area contributed by atoms with Gasteiger partial charge in [-0.3, -0.25) is 9.79 Å². The number of hydrogen-bond donors (Lipinski definition) is 0. The molecule has 182 valence electrons. The number of likely N-dealkylation sites (N-methyl/N-ethyl adjacent to an activating group) is 1. The second kappa shape index (κ2) is 16.0. The van der Waals surface area contributed by atoms with Gasteiger partial charge >= 0.3 is 0 Å². The summed E-state index contributed by atoms with van der Waals surface area (Å²) in [5.41, 5.74) is 3.09. The molecule has 1 aromatic heterocycles. The number of ether oxygens (including phenoxy) is 2. The zero-order valence-electron chi connectivity index (χ0n) is 20.6. The van der Waals surface area contributed by atoms with Crippen molar-refractivity contribution in [2.75, 3.05) is 26.7 Å². The van der Waals surface area contributed by atoms with E-state index in [0.29, 0.717) is 18.0 Å². The molecule has 0 saturated carbocycles. The number of hydrogen-bond acceptors (Lipinski definition) is 7. The van der Waals surface area contributed by atoms with Crippen molar-refractivity contribution in [3.8, 4) is 0 Å². The minimum atomic E-state index is -0.336. The first kappa shape index (κ1) is 28.3. The molecule has 0 bridgehead atoms.